The number of alkyl halides is 3. The molecule has 11 heteroatoms. The molecule has 1 fully saturated rings. The minimum atomic E-state index is -4.57. The zero-order chi connectivity index (χ0) is 29.7. The number of hydrogen-bond donors (Lipinski definition) is 1. The zero-order valence-corrected chi connectivity index (χ0v) is 23.5. The number of amides is 2. The van der Waals surface area contributed by atoms with E-state index >= 15 is 0 Å². The standard InChI is InChI=1S/C16H20F4N2O2.C13H19NO2/c1-21-8-6-14(7-9-21)22(15(23)24-11-16(18,19)20)10-12-2-4-13(17)5-3-12;1-10(2)9-16-13-6-4-12(5-7-13)8-14-11(3)15/h2-5,14H,6-11H2,1H3;4-7,10H,8-9H2,1-3H3,(H,14,15). The first-order chi connectivity index (χ1) is 18.8. The van der Waals surface area contributed by atoms with Crippen LogP contribution >= 0.6 is 0 Å². The summed E-state index contributed by atoms with van der Waals surface area (Å²) in [5.74, 6) is 0.976. The van der Waals surface area contributed by atoms with Crippen LogP contribution in [0.1, 0.15) is 44.7 Å². The van der Waals surface area contributed by atoms with Gasteiger partial charge in [0.2, 0.25) is 5.91 Å². The van der Waals surface area contributed by atoms with Crippen molar-refractivity contribution in [1.29, 1.82) is 0 Å². The first-order valence-electron chi connectivity index (χ1n) is 13.2. The maximum absolute atomic E-state index is 13.0. The van der Waals surface area contributed by atoms with Crippen LogP contribution in [0.4, 0.5) is 22.4 Å². The average Bonchev–Trinajstić information content (AvgIpc) is 2.90. The summed E-state index contributed by atoms with van der Waals surface area (Å²) in [4.78, 5) is 26.3. The number of rotatable bonds is 9. The van der Waals surface area contributed by atoms with E-state index in [9.17, 15) is 27.2 Å². The summed E-state index contributed by atoms with van der Waals surface area (Å²) in [6, 6.07) is 13.1. The molecule has 0 atom stereocenters. The van der Waals surface area contributed by atoms with Gasteiger partial charge in [0.1, 0.15) is 11.6 Å². The molecule has 0 saturated carbocycles. The highest BCUT2D eigenvalue weighted by molar-refractivity contribution is 5.72. The van der Waals surface area contributed by atoms with E-state index in [0.717, 1.165) is 31.0 Å². The monoisotopic (exact) mass is 569 g/mol. The van der Waals surface area contributed by atoms with Crippen LogP contribution in [-0.2, 0) is 22.6 Å². The van der Waals surface area contributed by atoms with Crippen molar-refractivity contribution in [3.8, 4) is 5.75 Å². The van der Waals surface area contributed by atoms with Crippen LogP contribution in [0.15, 0.2) is 48.5 Å². The van der Waals surface area contributed by atoms with E-state index in [4.69, 9.17) is 4.74 Å². The van der Waals surface area contributed by atoms with Crippen molar-refractivity contribution in [3.05, 3.63) is 65.5 Å². The van der Waals surface area contributed by atoms with Crippen LogP contribution in [0.25, 0.3) is 0 Å². The Labute approximate surface area is 233 Å². The molecule has 1 N–H and O–H groups in total. The molecule has 0 aromatic heterocycles. The van der Waals surface area contributed by atoms with Crippen molar-refractivity contribution in [3.63, 3.8) is 0 Å². The Morgan fingerprint density at radius 1 is 1.02 bits per heavy atom. The predicted molar refractivity (Wildman–Crippen MR) is 144 cm³/mol. The van der Waals surface area contributed by atoms with Gasteiger partial charge in [-0.25, -0.2) is 9.18 Å². The second kappa shape index (κ2) is 16.1. The SMILES string of the molecule is CC(=O)NCc1ccc(OCC(C)C)cc1.CN1CCC(N(Cc2ccc(F)cc2)C(=O)OCC(F)(F)F)CC1. The van der Waals surface area contributed by atoms with E-state index in [0.29, 0.717) is 30.9 Å². The fourth-order valence-corrected chi connectivity index (χ4v) is 3.86. The summed E-state index contributed by atoms with van der Waals surface area (Å²) in [6.07, 6.45) is -4.26. The van der Waals surface area contributed by atoms with Gasteiger partial charge in [-0.1, -0.05) is 38.1 Å². The number of carbonyl (C=O) groups excluding carboxylic acids is 2. The van der Waals surface area contributed by atoms with Gasteiger partial charge in [-0.15, -0.1) is 0 Å². The van der Waals surface area contributed by atoms with Crippen molar-refractivity contribution in [1.82, 2.24) is 15.1 Å². The van der Waals surface area contributed by atoms with Gasteiger partial charge in [0.15, 0.2) is 6.61 Å². The molecule has 40 heavy (non-hydrogen) atoms. The average molecular weight is 570 g/mol. The van der Waals surface area contributed by atoms with Crippen LogP contribution in [0, 0.1) is 11.7 Å². The molecule has 0 spiro atoms. The number of nitrogens with zero attached hydrogens (tertiary/aromatic N) is 2. The first kappa shape index (κ1) is 32.9. The summed E-state index contributed by atoms with van der Waals surface area (Å²) < 4.78 is 59.9. The molecular formula is C29H39F4N3O4. The van der Waals surface area contributed by atoms with Crippen LogP contribution < -0.4 is 10.1 Å². The van der Waals surface area contributed by atoms with Crippen LogP contribution in [-0.4, -0.2) is 67.4 Å². The van der Waals surface area contributed by atoms with Crippen molar-refractivity contribution in [2.75, 3.05) is 33.4 Å². The molecule has 1 aliphatic heterocycles. The van der Waals surface area contributed by atoms with Gasteiger partial charge in [-0.2, -0.15) is 13.2 Å². The molecule has 7 nitrogen and oxygen atoms in total. The van der Waals surface area contributed by atoms with E-state index in [-0.39, 0.29) is 18.5 Å². The molecule has 2 aromatic carbocycles. The molecule has 2 amide bonds. The first-order valence-corrected chi connectivity index (χ1v) is 13.2. The minimum absolute atomic E-state index is 0.0138. The molecule has 2 aromatic rings. The van der Waals surface area contributed by atoms with Gasteiger partial charge in [0, 0.05) is 26.1 Å². The molecule has 1 heterocycles. The number of piperidine rings is 1. The normalized spacial score (nSPS) is 14.2. The third kappa shape index (κ3) is 13.1. The highest BCUT2D eigenvalue weighted by atomic mass is 19.4. The summed E-state index contributed by atoms with van der Waals surface area (Å²) in [6.45, 7) is 7.01. The fraction of sp³-hybridized carbons (Fsp3) is 0.517. The Kier molecular flexibility index (Phi) is 13.2. The highest BCUT2D eigenvalue weighted by Gasteiger charge is 2.33. The van der Waals surface area contributed by atoms with Crippen molar-refractivity contribution < 1.29 is 36.6 Å². The van der Waals surface area contributed by atoms with Gasteiger partial charge in [0.25, 0.3) is 0 Å². The second-order valence-electron chi connectivity index (χ2n) is 10.2. The van der Waals surface area contributed by atoms with E-state index in [2.05, 4.69) is 28.8 Å². The zero-order valence-electron chi connectivity index (χ0n) is 23.5. The fourth-order valence-electron chi connectivity index (χ4n) is 3.86. The van der Waals surface area contributed by atoms with Gasteiger partial charge >= 0.3 is 12.3 Å². The minimum Gasteiger partial charge on any atom is -0.493 e. The molecule has 0 aliphatic carbocycles. The smallest absolute Gasteiger partial charge is 0.422 e. The van der Waals surface area contributed by atoms with Crippen LogP contribution in [0.3, 0.4) is 0 Å². The third-order valence-electron chi connectivity index (χ3n) is 6.04. The van der Waals surface area contributed by atoms with E-state index in [1.807, 2.05) is 31.3 Å². The van der Waals surface area contributed by atoms with Crippen molar-refractivity contribution in [2.24, 2.45) is 5.92 Å². The maximum Gasteiger partial charge on any atom is 0.422 e. The number of hydrogen-bond acceptors (Lipinski definition) is 5. The van der Waals surface area contributed by atoms with E-state index < -0.39 is 24.7 Å². The van der Waals surface area contributed by atoms with Gasteiger partial charge in [0.05, 0.1) is 6.61 Å². The Morgan fingerprint density at radius 3 is 2.12 bits per heavy atom. The number of nitrogens with one attached hydrogen (secondary N) is 1. The molecule has 0 unspecified atom stereocenters. The summed E-state index contributed by atoms with van der Waals surface area (Å²) in [7, 11) is 1.95. The number of halogens is 4. The summed E-state index contributed by atoms with van der Waals surface area (Å²) >= 11 is 0. The molecule has 0 radical (unpaired) electrons. The number of ether oxygens (including phenoxy) is 2. The van der Waals surface area contributed by atoms with Gasteiger partial charge in [-0.05, 0) is 74.3 Å². The molecule has 1 saturated heterocycles. The Hall–Kier alpha value is -3.34. The lowest BCUT2D eigenvalue weighted by molar-refractivity contribution is -0.163. The van der Waals surface area contributed by atoms with Crippen LogP contribution in [0.5, 0.6) is 5.75 Å². The topological polar surface area (TPSA) is 71.1 Å². The van der Waals surface area contributed by atoms with Gasteiger partial charge in [-0.3, -0.25) is 4.79 Å². The van der Waals surface area contributed by atoms with Crippen molar-refractivity contribution in [2.45, 2.75) is 58.9 Å². The summed E-state index contributed by atoms with van der Waals surface area (Å²) in [5.41, 5.74) is 1.71. The predicted octanol–water partition coefficient (Wildman–Crippen LogP) is 5.78. The molecular weight excluding hydrogens is 530 g/mol. The maximum atomic E-state index is 13.0. The lowest BCUT2D eigenvalue weighted by Gasteiger charge is -2.36. The number of likely N-dealkylation sites (tertiary alicyclic amines) is 1. The lowest BCUT2D eigenvalue weighted by atomic mass is 10.0. The number of benzene rings is 2. The Balaban J connectivity index is 0.000000305. The molecule has 3 rings (SSSR count). The molecule has 222 valence electrons. The van der Waals surface area contributed by atoms with Crippen molar-refractivity contribution >= 4 is 12.0 Å². The van der Waals surface area contributed by atoms with Crippen LogP contribution in [0.2, 0.25) is 0 Å². The lowest BCUT2D eigenvalue weighted by Crippen LogP contribution is -2.46. The Morgan fingerprint density at radius 2 is 1.60 bits per heavy atom. The Bertz CT molecular complexity index is 1040. The molecule has 1 aliphatic rings. The third-order valence-corrected chi connectivity index (χ3v) is 6.04. The second-order valence-corrected chi connectivity index (χ2v) is 10.2. The quantitative estimate of drug-likeness (QED) is 0.388. The number of carbonyl (C=O) groups is 2. The largest absolute Gasteiger partial charge is 0.493 e. The molecule has 0 bridgehead atoms. The van der Waals surface area contributed by atoms with E-state index in [1.165, 1.54) is 36.1 Å². The van der Waals surface area contributed by atoms with E-state index in [1.54, 1.807) is 0 Å². The summed E-state index contributed by atoms with van der Waals surface area (Å²) in [5, 5.41) is 2.75. The van der Waals surface area contributed by atoms with Gasteiger partial charge < -0.3 is 24.6 Å². The highest BCUT2D eigenvalue weighted by Crippen LogP contribution is 2.22.